The van der Waals surface area contributed by atoms with Crippen LogP contribution in [0.5, 0.6) is 0 Å². The Bertz CT molecular complexity index is 954. The molecular formula is C21H20OS. The van der Waals surface area contributed by atoms with Crippen molar-refractivity contribution in [3.63, 3.8) is 0 Å². The van der Waals surface area contributed by atoms with Crippen LogP contribution in [0.3, 0.4) is 0 Å². The van der Waals surface area contributed by atoms with Crippen LogP contribution in [0, 0.1) is 0 Å². The number of carbonyl (C=O) groups excluding carboxylic acids is 1. The molecule has 1 aliphatic carbocycles. The molecule has 116 valence electrons. The van der Waals surface area contributed by atoms with Gasteiger partial charge in [0.25, 0.3) is 0 Å². The molecule has 0 amide bonds. The van der Waals surface area contributed by atoms with Crippen molar-refractivity contribution >= 4 is 27.2 Å². The fraction of sp³-hybridized carbons (Fsp3) is 0.286. The molecule has 0 aliphatic heterocycles. The number of fused-ring (bicyclic) bond motifs is 5. The fourth-order valence-corrected chi connectivity index (χ4v) is 4.67. The Labute approximate surface area is 141 Å². The average molecular weight is 320 g/mol. The molecule has 1 aliphatic rings. The minimum Gasteiger partial charge on any atom is -0.288 e. The van der Waals surface area contributed by atoms with E-state index in [1.54, 1.807) is 11.3 Å². The van der Waals surface area contributed by atoms with Gasteiger partial charge in [-0.2, -0.15) is 0 Å². The summed E-state index contributed by atoms with van der Waals surface area (Å²) in [5.74, 6) is 0.213. The third kappa shape index (κ3) is 2.01. The van der Waals surface area contributed by atoms with E-state index in [0.717, 1.165) is 38.9 Å². The molecule has 2 aromatic carbocycles. The first kappa shape index (κ1) is 14.6. The Morgan fingerprint density at radius 2 is 1.83 bits per heavy atom. The molecule has 0 N–H and O–H groups in total. The molecule has 0 fully saturated rings. The topological polar surface area (TPSA) is 17.1 Å². The van der Waals surface area contributed by atoms with Crippen molar-refractivity contribution in [2.75, 3.05) is 0 Å². The van der Waals surface area contributed by atoms with Crippen molar-refractivity contribution in [1.82, 2.24) is 0 Å². The van der Waals surface area contributed by atoms with Crippen molar-refractivity contribution in [2.45, 2.75) is 39.5 Å². The van der Waals surface area contributed by atoms with Gasteiger partial charge in [-0.05, 0) is 35.1 Å². The molecule has 0 saturated heterocycles. The lowest BCUT2D eigenvalue weighted by Crippen LogP contribution is -2.10. The van der Waals surface area contributed by atoms with Crippen LogP contribution in [0.1, 0.15) is 54.7 Å². The summed E-state index contributed by atoms with van der Waals surface area (Å²) in [6.45, 7) is 8.76. The van der Waals surface area contributed by atoms with Gasteiger partial charge in [0.15, 0.2) is 5.78 Å². The molecule has 0 spiro atoms. The van der Waals surface area contributed by atoms with E-state index in [0.29, 0.717) is 0 Å². The first-order valence-electron chi connectivity index (χ1n) is 8.16. The van der Waals surface area contributed by atoms with Crippen molar-refractivity contribution in [1.29, 1.82) is 0 Å². The van der Waals surface area contributed by atoms with E-state index in [4.69, 9.17) is 0 Å². The summed E-state index contributed by atoms with van der Waals surface area (Å²) < 4.78 is 1.21. The third-order valence-electron chi connectivity index (χ3n) is 4.78. The lowest BCUT2D eigenvalue weighted by molar-refractivity contribution is 0.104. The normalized spacial score (nSPS) is 13.5. The zero-order valence-electron chi connectivity index (χ0n) is 14.0. The maximum absolute atomic E-state index is 13.1. The first-order valence-corrected chi connectivity index (χ1v) is 8.97. The second kappa shape index (κ2) is 4.78. The summed E-state index contributed by atoms with van der Waals surface area (Å²) in [6, 6.07) is 12.8. The monoisotopic (exact) mass is 320 g/mol. The molecule has 3 aromatic rings. The maximum atomic E-state index is 13.1. The van der Waals surface area contributed by atoms with Crippen LogP contribution in [-0.4, -0.2) is 5.78 Å². The van der Waals surface area contributed by atoms with Crippen LogP contribution >= 0.6 is 11.3 Å². The van der Waals surface area contributed by atoms with Crippen LogP contribution in [0.2, 0.25) is 0 Å². The summed E-state index contributed by atoms with van der Waals surface area (Å²) in [4.78, 5) is 14.3. The molecular weight excluding hydrogens is 300 g/mol. The van der Waals surface area contributed by atoms with E-state index in [-0.39, 0.29) is 11.2 Å². The van der Waals surface area contributed by atoms with Gasteiger partial charge in [-0.3, -0.25) is 4.79 Å². The van der Waals surface area contributed by atoms with Gasteiger partial charge in [0, 0.05) is 31.7 Å². The second-order valence-corrected chi connectivity index (χ2v) is 8.34. The molecule has 0 bridgehead atoms. The van der Waals surface area contributed by atoms with E-state index < -0.39 is 0 Å². The number of thiophene rings is 1. The van der Waals surface area contributed by atoms with Gasteiger partial charge >= 0.3 is 0 Å². The molecule has 1 heterocycles. The summed E-state index contributed by atoms with van der Waals surface area (Å²) >= 11 is 1.75. The molecule has 2 heteroatoms. The van der Waals surface area contributed by atoms with E-state index in [2.05, 4.69) is 64.1 Å². The van der Waals surface area contributed by atoms with Gasteiger partial charge in [-0.1, -0.05) is 52.0 Å². The standard InChI is InChI=1S/C21H20OS/c1-5-12-7-6-8-14-17(12)19(22)18-15-11-13(21(2,3)4)9-10-16(15)23-20(14)18/h6-11H,5H2,1-4H3. The quantitative estimate of drug-likeness (QED) is 0.422. The molecule has 0 saturated carbocycles. The summed E-state index contributed by atoms with van der Waals surface area (Å²) in [5, 5.41) is 1.13. The van der Waals surface area contributed by atoms with Crippen LogP contribution in [0.4, 0.5) is 0 Å². The SMILES string of the molecule is CCc1cccc2c1C(=O)c1c-2sc2ccc(C(C)(C)C)cc12. The van der Waals surface area contributed by atoms with Gasteiger partial charge in [-0.25, -0.2) is 0 Å². The minimum absolute atomic E-state index is 0.0894. The van der Waals surface area contributed by atoms with Gasteiger partial charge < -0.3 is 0 Å². The molecule has 1 aromatic heterocycles. The number of rotatable bonds is 1. The molecule has 0 atom stereocenters. The lowest BCUT2D eigenvalue weighted by Gasteiger charge is -2.19. The highest BCUT2D eigenvalue weighted by atomic mass is 32.1. The van der Waals surface area contributed by atoms with E-state index in [9.17, 15) is 4.79 Å². The first-order chi connectivity index (χ1) is 10.9. The van der Waals surface area contributed by atoms with Crippen molar-refractivity contribution < 1.29 is 4.79 Å². The molecule has 1 nitrogen and oxygen atoms in total. The Hall–Kier alpha value is -1.93. The Morgan fingerprint density at radius 1 is 1.04 bits per heavy atom. The van der Waals surface area contributed by atoms with Gasteiger partial charge in [0.05, 0.1) is 0 Å². The Kier molecular flexibility index (Phi) is 3.05. The highest BCUT2D eigenvalue weighted by molar-refractivity contribution is 7.23. The zero-order chi connectivity index (χ0) is 16.4. The Morgan fingerprint density at radius 3 is 2.52 bits per heavy atom. The van der Waals surface area contributed by atoms with Crippen molar-refractivity contribution in [3.8, 4) is 10.4 Å². The van der Waals surface area contributed by atoms with Crippen LogP contribution in [-0.2, 0) is 11.8 Å². The van der Waals surface area contributed by atoms with Gasteiger partial charge in [0.1, 0.15) is 0 Å². The smallest absolute Gasteiger partial charge is 0.196 e. The van der Waals surface area contributed by atoms with Crippen molar-refractivity contribution in [3.05, 3.63) is 58.7 Å². The fourth-order valence-electron chi connectivity index (χ4n) is 3.46. The lowest BCUT2D eigenvalue weighted by atomic mass is 9.86. The zero-order valence-corrected chi connectivity index (χ0v) is 14.8. The maximum Gasteiger partial charge on any atom is 0.196 e. The largest absolute Gasteiger partial charge is 0.288 e. The third-order valence-corrected chi connectivity index (χ3v) is 5.99. The number of carbonyl (C=O) groups is 1. The highest BCUT2D eigenvalue weighted by Crippen LogP contribution is 2.48. The summed E-state index contributed by atoms with van der Waals surface area (Å²) in [6.07, 6.45) is 0.898. The molecule has 0 unspecified atom stereocenters. The number of hydrogen-bond donors (Lipinski definition) is 0. The molecule has 0 radical (unpaired) electrons. The average Bonchev–Trinajstić information content (AvgIpc) is 3.02. The molecule has 4 rings (SSSR count). The number of hydrogen-bond acceptors (Lipinski definition) is 2. The second-order valence-electron chi connectivity index (χ2n) is 7.29. The molecule has 23 heavy (non-hydrogen) atoms. The van der Waals surface area contributed by atoms with Crippen LogP contribution in [0.15, 0.2) is 36.4 Å². The number of aryl methyl sites for hydroxylation is 1. The summed E-state index contributed by atoms with van der Waals surface area (Å²) in [7, 11) is 0. The number of benzene rings is 2. The minimum atomic E-state index is 0.0894. The predicted molar refractivity (Wildman–Crippen MR) is 98.8 cm³/mol. The Balaban J connectivity index is 2.02. The van der Waals surface area contributed by atoms with Gasteiger partial charge in [-0.15, -0.1) is 11.3 Å². The van der Waals surface area contributed by atoms with Crippen molar-refractivity contribution in [2.24, 2.45) is 0 Å². The van der Waals surface area contributed by atoms with Crippen LogP contribution < -0.4 is 0 Å². The van der Waals surface area contributed by atoms with Crippen LogP contribution in [0.25, 0.3) is 20.5 Å². The predicted octanol–water partition coefficient (Wildman–Crippen LogP) is 5.97. The van der Waals surface area contributed by atoms with E-state index in [1.165, 1.54) is 10.3 Å². The van der Waals surface area contributed by atoms with E-state index >= 15 is 0 Å². The highest BCUT2D eigenvalue weighted by Gasteiger charge is 2.32. The van der Waals surface area contributed by atoms with E-state index in [1.807, 2.05) is 0 Å². The summed E-state index contributed by atoms with van der Waals surface area (Å²) in [5.41, 5.74) is 5.52. The number of ketones is 1. The van der Waals surface area contributed by atoms with Gasteiger partial charge in [0.2, 0.25) is 0 Å².